The van der Waals surface area contributed by atoms with Crippen molar-refractivity contribution in [3.63, 3.8) is 0 Å². The molecule has 1 aliphatic rings. The van der Waals surface area contributed by atoms with E-state index in [1.54, 1.807) is 42.1 Å². The van der Waals surface area contributed by atoms with Crippen LogP contribution in [0.25, 0.3) is 23.0 Å². The smallest absolute Gasteiger partial charge is 0.266 e. The molecule has 4 rings (SSSR count). The van der Waals surface area contributed by atoms with E-state index in [4.69, 9.17) is 22.1 Å². The summed E-state index contributed by atoms with van der Waals surface area (Å²) in [7, 11) is 0.920. The molecule has 8 nitrogen and oxygen atoms in total. The zero-order chi connectivity index (χ0) is 25.2. The van der Waals surface area contributed by atoms with Crippen molar-refractivity contribution < 1.29 is 17.9 Å². The predicted octanol–water partition coefficient (Wildman–Crippen LogP) is 3.64. The zero-order valence-corrected chi connectivity index (χ0v) is 21.9. The zero-order valence-electron chi connectivity index (χ0n) is 19.4. The van der Waals surface area contributed by atoms with E-state index in [-0.39, 0.29) is 10.8 Å². The van der Waals surface area contributed by atoms with E-state index in [1.165, 1.54) is 35.1 Å². The van der Waals surface area contributed by atoms with Crippen LogP contribution >= 0.6 is 24.0 Å². The number of aromatic nitrogens is 2. The van der Waals surface area contributed by atoms with Crippen LogP contribution in [0.2, 0.25) is 0 Å². The van der Waals surface area contributed by atoms with Gasteiger partial charge in [-0.05, 0) is 30.3 Å². The third-order valence-corrected chi connectivity index (χ3v) is 8.52. The maximum Gasteiger partial charge on any atom is 0.266 e. The average Bonchev–Trinajstić information content (AvgIpc) is 3.39. The third kappa shape index (κ3) is 5.24. The second-order valence-electron chi connectivity index (χ2n) is 7.85. The van der Waals surface area contributed by atoms with E-state index in [9.17, 15) is 13.2 Å². The summed E-state index contributed by atoms with van der Waals surface area (Å²) in [6.07, 6.45) is 3.57. The van der Waals surface area contributed by atoms with Gasteiger partial charge in [0.1, 0.15) is 10.0 Å². The molecule has 1 fully saturated rings. The lowest BCUT2D eigenvalue weighted by molar-refractivity contribution is -0.122. The first-order valence-electron chi connectivity index (χ1n) is 10.6. The number of nitrogens with zero attached hydrogens (tertiary/aromatic N) is 4. The van der Waals surface area contributed by atoms with Gasteiger partial charge in [0.15, 0.2) is 0 Å². The van der Waals surface area contributed by atoms with Gasteiger partial charge in [0.2, 0.25) is 10.0 Å². The molecule has 0 radical (unpaired) electrons. The van der Waals surface area contributed by atoms with Crippen LogP contribution in [0.5, 0.6) is 0 Å². The lowest BCUT2D eigenvalue weighted by atomic mass is 10.1. The van der Waals surface area contributed by atoms with Gasteiger partial charge in [-0.1, -0.05) is 54.3 Å². The highest BCUT2D eigenvalue weighted by Crippen LogP contribution is 2.35. The molecule has 0 saturated carbocycles. The summed E-state index contributed by atoms with van der Waals surface area (Å²) in [5.41, 5.74) is 2.66. The summed E-state index contributed by atoms with van der Waals surface area (Å²) in [4.78, 5) is 15.1. The first kappa shape index (κ1) is 25.3. The lowest BCUT2D eigenvalue weighted by Gasteiger charge is -2.13. The standard InChI is InChI=1S/C24H24N4O4S3/c1-26(2)35(30,31)20-11-7-8-17(14-20)22-18(16-28(25-22)19-9-5-4-6-10-19)15-21-23(29)27(12-13-32-3)24(33)34-21/h4-11,14-16H,12-13H2,1-3H3. The Morgan fingerprint density at radius 2 is 1.89 bits per heavy atom. The Balaban J connectivity index is 1.82. The van der Waals surface area contributed by atoms with E-state index >= 15 is 0 Å². The largest absolute Gasteiger partial charge is 0.383 e. The molecule has 0 atom stereocenters. The number of hydrogen-bond acceptors (Lipinski definition) is 7. The van der Waals surface area contributed by atoms with Gasteiger partial charge in [-0.15, -0.1) is 0 Å². The highest BCUT2D eigenvalue weighted by molar-refractivity contribution is 8.26. The first-order chi connectivity index (χ1) is 16.7. The molecule has 182 valence electrons. The molecular weight excluding hydrogens is 504 g/mol. The molecular formula is C24H24N4O4S3. The minimum absolute atomic E-state index is 0.158. The van der Waals surface area contributed by atoms with Gasteiger partial charge < -0.3 is 4.74 Å². The van der Waals surface area contributed by atoms with Crippen molar-refractivity contribution in [2.75, 3.05) is 34.4 Å². The molecule has 1 aromatic heterocycles. The van der Waals surface area contributed by atoms with Gasteiger partial charge in [0, 0.05) is 38.5 Å². The van der Waals surface area contributed by atoms with E-state index in [2.05, 4.69) is 0 Å². The lowest BCUT2D eigenvalue weighted by Crippen LogP contribution is -2.31. The molecule has 1 saturated heterocycles. The van der Waals surface area contributed by atoms with Crippen molar-refractivity contribution in [1.29, 1.82) is 0 Å². The van der Waals surface area contributed by atoms with Gasteiger partial charge >= 0.3 is 0 Å². The summed E-state index contributed by atoms with van der Waals surface area (Å²) < 4.78 is 33.9. The monoisotopic (exact) mass is 528 g/mol. The molecule has 2 aromatic carbocycles. The molecule has 3 aromatic rings. The van der Waals surface area contributed by atoms with E-state index in [0.717, 1.165) is 5.69 Å². The number of carbonyl (C=O) groups excluding carboxylic acids is 1. The number of rotatable bonds is 8. The average molecular weight is 529 g/mol. The van der Waals surface area contributed by atoms with Crippen LogP contribution in [0.15, 0.2) is 70.6 Å². The summed E-state index contributed by atoms with van der Waals surface area (Å²) in [5.74, 6) is -0.195. The number of para-hydroxylation sites is 1. The molecule has 0 spiro atoms. The number of benzene rings is 2. The van der Waals surface area contributed by atoms with Crippen LogP contribution in [0.4, 0.5) is 0 Å². The van der Waals surface area contributed by atoms with Crippen molar-refractivity contribution in [1.82, 2.24) is 19.0 Å². The van der Waals surface area contributed by atoms with Gasteiger partial charge in [0.25, 0.3) is 5.91 Å². The molecule has 0 unspecified atom stereocenters. The Kier molecular flexibility index (Phi) is 7.53. The Bertz CT molecular complexity index is 1400. The highest BCUT2D eigenvalue weighted by atomic mass is 32.2. The number of ether oxygens (including phenoxy) is 1. The van der Waals surface area contributed by atoms with Crippen LogP contribution in [0, 0.1) is 0 Å². The van der Waals surface area contributed by atoms with Crippen LogP contribution in [-0.2, 0) is 19.6 Å². The fourth-order valence-corrected chi connectivity index (χ4v) is 5.71. The first-order valence-corrected chi connectivity index (χ1v) is 13.3. The SMILES string of the molecule is COCCN1C(=O)C(=Cc2cn(-c3ccccc3)nc2-c2cccc(S(=O)(=O)N(C)C)c2)SC1=S. The minimum atomic E-state index is -3.63. The predicted molar refractivity (Wildman–Crippen MR) is 142 cm³/mol. The van der Waals surface area contributed by atoms with E-state index in [0.29, 0.717) is 39.2 Å². The number of sulfonamides is 1. The normalized spacial score (nSPS) is 15.5. The fraction of sp³-hybridized carbons (Fsp3) is 0.208. The summed E-state index contributed by atoms with van der Waals surface area (Å²) in [5, 5.41) is 4.75. The topological polar surface area (TPSA) is 84.7 Å². The Morgan fingerprint density at radius 1 is 1.14 bits per heavy atom. The Hall–Kier alpha value is -2.83. The number of methoxy groups -OCH3 is 1. The van der Waals surface area contributed by atoms with Gasteiger partial charge in [-0.25, -0.2) is 17.4 Å². The Morgan fingerprint density at radius 3 is 2.57 bits per heavy atom. The summed E-state index contributed by atoms with van der Waals surface area (Å²) in [6.45, 7) is 0.753. The third-order valence-electron chi connectivity index (χ3n) is 5.33. The number of thiocarbonyl (C=S) groups is 1. The van der Waals surface area contributed by atoms with Crippen molar-refractivity contribution in [2.24, 2.45) is 0 Å². The number of amides is 1. The molecule has 2 heterocycles. The summed E-state index contributed by atoms with van der Waals surface area (Å²) in [6, 6.07) is 16.2. The fourth-order valence-electron chi connectivity index (χ4n) is 3.46. The maximum atomic E-state index is 13.0. The van der Waals surface area contributed by atoms with Crippen LogP contribution in [-0.4, -0.2) is 72.0 Å². The van der Waals surface area contributed by atoms with Crippen LogP contribution < -0.4 is 0 Å². The van der Waals surface area contributed by atoms with E-state index in [1.807, 2.05) is 36.5 Å². The van der Waals surface area contributed by atoms with Crippen molar-refractivity contribution >= 4 is 50.3 Å². The number of carbonyl (C=O) groups is 1. The molecule has 0 N–H and O–H groups in total. The minimum Gasteiger partial charge on any atom is -0.383 e. The van der Waals surface area contributed by atoms with Crippen LogP contribution in [0.3, 0.4) is 0 Å². The number of hydrogen-bond donors (Lipinski definition) is 0. The molecule has 11 heteroatoms. The maximum absolute atomic E-state index is 13.0. The van der Waals surface area contributed by atoms with Crippen LogP contribution in [0.1, 0.15) is 5.56 Å². The molecule has 1 amide bonds. The van der Waals surface area contributed by atoms with Crippen molar-refractivity contribution in [3.05, 3.63) is 71.3 Å². The molecule has 1 aliphatic heterocycles. The van der Waals surface area contributed by atoms with E-state index < -0.39 is 10.0 Å². The second-order valence-corrected chi connectivity index (χ2v) is 11.7. The van der Waals surface area contributed by atoms with Crippen molar-refractivity contribution in [3.8, 4) is 16.9 Å². The van der Waals surface area contributed by atoms with Crippen molar-refractivity contribution in [2.45, 2.75) is 4.90 Å². The molecule has 0 bridgehead atoms. The molecule has 0 aliphatic carbocycles. The molecule has 35 heavy (non-hydrogen) atoms. The van der Waals surface area contributed by atoms with Gasteiger partial charge in [0.05, 0.1) is 28.6 Å². The highest BCUT2D eigenvalue weighted by Gasteiger charge is 2.32. The summed E-state index contributed by atoms with van der Waals surface area (Å²) >= 11 is 6.62. The number of thioether (sulfide) groups is 1. The Labute approximate surface area is 214 Å². The second kappa shape index (κ2) is 10.4. The quantitative estimate of drug-likeness (QED) is 0.326. The van der Waals surface area contributed by atoms with Gasteiger partial charge in [-0.2, -0.15) is 5.10 Å². The van der Waals surface area contributed by atoms with Gasteiger partial charge in [-0.3, -0.25) is 9.69 Å².